The molecule has 0 atom stereocenters. The number of ether oxygens (including phenoxy) is 1. The average Bonchev–Trinajstić information content (AvgIpc) is 2.67. The molecule has 1 aliphatic rings. The van der Waals surface area contributed by atoms with Crippen molar-refractivity contribution >= 4 is 17.7 Å². The number of rotatable bonds is 4. The zero-order valence-electron chi connectivity index (χ0n) is 17.2. The van der Waals surface area contributed by atoms with E-state index in [-0.39, 0.29) is 5.91 Å². The minimum Gasteiger partial charge on any atom is -0.444 e. The van der Waals surface area contributed by atoms with E-state index in [1.807, 2.05) is 17.2 Å². The molecule has 0 aliphatic carbocycles. The fourth-order valence-corrected chi connectivity index (χ4v) is 3.19. The molecule has 0 radical (unpaired) electrons. The Morgan fingerprint density at radius 1 is 1.10 bits per heavy atom. The van der Waals surface area contributed by atoms with Gasteiger partial charge in [0.15, 0.2) is 0 Å². The van der Waals surface area contributed by atoms with Crippen LogP contribution in [0.2, 0.25) is 0 Å². The van der Waals surface area contributed by atoms with Crippen LogP contribution in [0.5, 0.6) is 0 Å². The average molecular weight is 396 g/mol. The Hall–Kier alpha value is -2.93. The number of anilines is 1. The second-order valence-electron chi connectivity index (χ2n) is 8.14. The topological polar surface area (TPSA) is 74.8 Å². The summed E-state index contributed by atoms with van der Waals surface area (Å²) in [6.45, 7) is 9.23. The summed E-state index contributed by atoms with van der Waals surface area (Å²) in [5.41, 5.74) is 1.69. The van der Waals surface area contributed by atoms with E-state index in [4.69, 9.17) is 4.74 Å². The molecule has 3 rings (SSSR count). The lowest BCUT2D eigenvalue weighted by Gasteiger charge is -2.34. The molecule has 0 bridgehead atoms. The van der Waals surface area contributed by atoms with Gasteiger partial charge in [0.1, 0.15) is 5.60 Å². The van der Waals surface area contributed by atoms with Crippen LogP contribution < -0.4 is 5.32 Å². The SMILES string of the molecule is CC(C)(C)OC(=O)Nc1cccc(C(=O)N2CCN(Cc3cccnc3)CC2)c1. The Morgan fingerprint density at radius 3 is 2.52 bits per heavy atom. The summed E-state index contributed by atoms with van der Waals surface area (Å²) in [6, 6.07) is 11.0. The Balaban J connectivity index is 1.55. The molecule has 29 heavy (non-hydrogen) atoms. The van der Waals surface area contributed by atoms with Crippen molar-refractivity contribution in [2.24, 2.45) is 0 Å². The monoisotopic (exact) mass is 396 g/mol. The van der Waals surface area contributed by atoms with Crippen molar-refractivity contribution in [1.29, 1.82) is 0 Å². The molecular weight excluding hydrogens is 368 g/mol. The van der Waals surface area contributed by atoms with Gasteiger partial charge in [-0.25, -0.2) is 4.79 Å². The van der Waals surface area contributed by atoms with E-state index < -0.39 is 11.7 Å². The number of carbonyl (C=O) groups excluding carboxylic acids is 2. The second kappa shape index (κ2) is 9.05. The predicted octanol–water partition coefficient (Wildman–Crippen LogP) is 3.39. The van der Waals surface area contributed by atoms with Crippen molar-refractivity contribution in [3.63, 3.8) is 0 Å². The minimum atomic E-state index is -0.576. The molecule has 1 saturated heterocycles. The van der Waals surface area contributed by atoms with Gasteiger partial charge in [0, 0.05) is 56.4 Å². The maximum Gasteiger partial charge on any atom is 0.412 e. The molecule has 7 heteroatoms. The van der Waals surface area contributed by atoms with Crippen molar-refractivity contribution in [2.75, 3.05) is 31.5 Å². The molecule has 1 aromatic heterocycles. The number of carbonyl (C=O) groups is 2. The number of nitrogens with zero attached hydrogens (tertiary/aromatic N) is 3. The van der Waals surface area contributed by atoms with Crippen LogP contribution in [0.15, 0.2) is 48.8 Å². The van der Waals surface area contributed by atoms with Gasteiger partial charge < -0.3 is 9.64 Å². The van der Waals surface area contributed by atoms with Crippen LogP contribution in [0.4, 0.5) is 10.5 Å². The number of piperazine rings is 1. The Labute approximate surface area is 171 Å². The van der Waals surface area contributed by atoms with Gasteiger partial charge in [0.2, 0.25) is 0 Å². The molecular formula is C22H28N4O3. The lowest BCUT2D eigenvalue weighted by atomic mass is 10.1. The Kier molecular flexibility index (Phi) is 6.49. The number of hydrogen-bond donors (Lipinski definition) is 1. The first-order valence-electron chi connectivity index (χ1n) is 9.81. The summed E-state index contributed by atoms with van der Waals surface area (Å²) < 4.78 is 5.26. The van der Waals surface area contributed by atoms with Crippen LogP contribution in [-0.4, -0.2) is 58.6 Å². The number of pyridine rings is 1. The van der Waals surface area contributed by atoms with Gasteiger partial charge >= 0.3 is 6.09 Å². The zero-order valence-corrected chi connectivity index (χ0v) is 17.2. The third kappa shape index (κ3) is 6.29. The van der Waals surface area contributed by atoms with Crippen molar-refractivity contribution in [2.45, 2.75) is 32.9 Å². The molecule has 2 heterocycles. The quantitative estimate of drug-likeness (QED) is 0.857. The first-order valence-corrected chi connectivity index (χ1v) is 9.81. The lowest BCUT2D eigenvalue weighted by molar-refractivity contribution is 0.0620. The summed E-state index contributed by atoms with van der Waals surface area (Å²) in [6.07, 6.45) is 3.11. The molecule has 0 spiro atoms. The number of amides is 2. The van der Waals surface area contributed by atoms with Gasteiger partial charge in [-0.1, -0.05) is 12.1 Å². The molecule has 1 aromatic carbocycles. The van der Waals surface area contributed by atoms with Crippen molar-refractivity contribution in [3.05, 3.63) is 59.9 Å². The molecule has 7 nitrogen and oxygen atoms in total. The highest BCUT2D eigenvalue weighted by molar-refractivity contribution is 5.96. The summed E-state index contributed by atoms with van der Waals surface area (Å²) in [7, 11) is 0. The van der Waals surface area contributed by atoms with Crippen LogP contribution in [0.1, 0.15) is 36.7 Å². The van der Waals surface area contributed by atoms with E-state index in [1.165, 1.54) is 5.56 Å². The number of hydrogen-bond acceptors (Lipinski definition) is 5. The third-order valence-corrected chi connectivity index (χ3v) is 4.54. The normalized spacial score (nSPS) is 15.1. The first kappa shape index (κ1) is 20.8. The first-order chi connectivity index (χ1) is 13.8. The molecule has 1 aliphatic heterocycles. The minimum absolute atomic E-state index is 0.0288. The van der Waals surface area contributed by atoms with Gasteiger partial charge in [0.25, 0.3) is 5.91 Å². The summed E-state index contributed by atoms with van der Waals surface area (Å²) in [4.78, 5) is 33.2. The van der Waals surface area contributed by atoms with Crippen molar-refractivity contribution < 1.29 is 14.3 Å². The Morgan fingerprint density at radius 2 is 1.86 bits per heavy atom. The van der Waals surface area contributed by atoms with E-state index in [2.05, 4.69) is 21.3 Å². The van der Waals surface area contributed by atoms with Crippen LogP contribution in [0.3, 0.4) is 0 Å². The van der Waals surface area contributed by atoms with Crippen molar-refractivity contribution in [3.8, 4) is 0 Å². The van der Waals surface area contributed by atoms with Gasteiger partial charge in [0.05, 0.1) is 0 Å². The summed E-state index contributed by atoms with van der Waals surface area (Å²) in [5.74, 6) is -0.0288. The number of benzene rings is 1. The highest BCUT2D eigenvalue weighted by Gasteiger charge is 2.23. The predicted molar refractivity (Wildman–Crippen MR) is 112 cm³/mol. The van der Waals surface area contributed by atoms with E-state index in [0.717, 1.165) is 19.6 Å². The van der Waals surface area contributed by atoms with Crippen LogP contribution in [-0.2, 0) is 11.3 Å². The van der Waals surface area contributed by atoms with E-state index in [9.17, 15) is 9.59 Å². The Bertz CT molecular complexity index is 841. The highest BCUT2D eigenvalue weighted by atomic mass is 16.6. The summed E-state index contributed by atoms with van der Waals surface area (Å²) >= 11 is 0. The fraction of sp³-hybridized carbons (Fsp3) is 0.409. The lowest BCUT2D eigenvalue weighted by Crippen LogP contribution is -2.48. The molecule has 154 valence electrons. The molecule has 1 N–H and O–H groups in total. The van der Waals surface area contributed by atoms with Gasteiger partial charge in [-0.3, -0.25) is 20.0 Å². The van der Waals surface area contributed by atoms with Gasteiger partial charge in [-0.05, 0) is 50.6 Å². The molecule has 0 unspecified atom stereocenters. The number of aromatic nitrogens is 1. The molecule has 0 saturated carbocycles. The van der Waals surface area contributed by atoms with Gasteiger partial charge in [-0.2, -0.15) is 0 Å². The smallest absolute Gasteiger partial charge is 0.412 e. The van der Waals surface area contributed by atoms with Crippen LogP contribution in [0.25, 0.3) is 0 Å². The van der Waals surface area contributed by atoms with E-state index in [1.54, 1.807) is 51.2 Å². The van der Waals surface area contributed by atoms with Crippen LogP contribution in [0, 0.1) is 0 Å². The highest BCUT2D eigenvalue weighted by Crippen LogP contribution is 2.16. The maximum absolute atomic E-state index is 12.9. The molecule has 1 fully saturated rings. The number of nitrogens with one attached hydrogen (secondary N) is 1. The van der Waals surface area contributed by atoms with Gasteiger partial charge in [-0.15, -0.1) is 0 Å². The zero-order chi connectivity index (χ0) is 20.9. The summed E-state index contributed by atoms with van der Waals surface area (Å²) in [5, 5.41) is 2.68. The fourth-order valence-electron chi connectivity index (χ4n) is 3.19. The largest absolute Gasteiger partial charge is 0.444 e. The molecule has 2 aromatic rings. The van der Waals surface area contributed by atoms with Crippen molar-refractivity contribution in [1.82, 2.24) is 14.8 Å². The second-order valence-corrected chi connectivity index (χ2v) is 8.14. The maximum atomic E-state index is 12.9. The van der Waals surface area contributed by atoms with Crippen LogP contribution >= 0.6 is 0 Å². The van der Waals surface area contributed by atoms with E-state index >= 15 is 0 Å². The standard InChI is InChI=1S/C22H28N4O3/c1-22(2,3)29-21(28)24-19-8-4-7-18(14-19)20(27)26-12-10-25(11-13-26)16-17-6-5-9-23-15-17/h4-9,14-15H,10-13,16H2,1-3H3,(H,24,28). The molecule has 2 amide bonds. The third-order valence-electron chi connectivity index (χ3n) is 4.54. The van der Waals surface area contributed by atoms with E-state index in [0.29, 0.717) is 24.3 Å².